The average Bonchev–Trinajstić information content (AvgIpc) is 3.10. The van der Waals surface area contributed by atoms with E-state index >= 15 is 0 Å². The fourth-order valence-corrected chi connectivity index (χ4v) is 3.43. The zero-order valence-electron chi connectivity index (χ0n) is 11.3. The summed E-state index contributed by atoms with van der Waals surface area (Å²) in [6, 6.07) is 6.91. The van der Waals surface area contributed by atoms with E-state index in [0.29, 0.717) is 29.6 Å². The molecular weight excluding hydrogens is 312 g/mol. The zero-order valence-corrected chi connectivity index (χ0v) is 12.8. The summed E-state index contributed by atoms with van der Waals surface area (Å²) < 4.78 is 5.85. The van der Waals surface area contributed by atoms with Crippen molar-refractivity contribution in [2.24, 2.45) is 0 Å². The molecule has 112 valence electrons. The van der Waals surface area contributed by atoms with E-state index in [1.165, 1.54) is 0 Å². The van der Waals surface area contributed by atoms with E-state index in [2.05, 4.69) is 5.32 Å². The van der Waals surface area contributed by atoms with Gasteiger partial charge in [0.25, 0.3) is 5.24 Å². The Bertz CT molecular complexity index is 569. The SMILES string of the molecule is O=C1N[C@@H](C(=O)N2CC[C@@H](Oc3ccccc3Cl)C2)CS1. The largest absolute Gasteiger partial charge is 0.487 e. The van der Waals surface area contributed by atoms with E-state index < -0.39 is 6.04 Å². The minimum absolute atomic E-state index is 0.0291. The van der Waals surface area contributed by atoms with E-state index in [9.17, 15) is 9.59 Å². The number of halogens is 1. The summed E-state index contributed by atoms with van der Waals surface area (Å²) in [5.74, 6) is 1.12. The van der Waals surface area contributed by atoms with Crippen molar-refractivity contribution in [2.75, 3.05) is 18.8 Å². The second-order valence-electron chi connectivity index (χ2n) is 5.04. The molecule has 2 aliphatic rings. The molecule has 7 heteroatoms. The quantitative estimate of drug-likeness (QED) is 0.924. The molecule has 3 rings (SSSR count). The lowest BCUT2D eigenvalue weighted by atomic mass is 10.3. The van der Waals surface area contributed by atoms with Gasteiger partial charge in [-0.2, -0.15) is 0 Å². The molecule has 0 spiro atoms. The van der Waals surface area contributed by atoms with Crippen molar-refractivity contribution in [3.8, 4) is 5.75 Å². The molecule has 2 heterocycles. The molecule has 0 radical (unpaired) electrons. The van der Waals surface area contributed by atoms with Gasteiger partial charge in [-0.15, -0.1) is 0 Å². The predicted molar refractivity (Wildman–Crippen MR) is 81.8 cm³/mol. The van der Waals surface area contributed by atoms with Gasteiger partial charge in [-0.3, -0.25) is 9.59 Å². The summed E-state index contributed by atoms with van der Waals surface area (Å²) >= 11 is 7.22. The number of nitrogens with zero attached hydrogens (tertiary/aromatic N) is 1. The highest BCUT2D eigenvalue weighted by Crippen LogP contribution is 2.27. The lowest BCUT2D eigenvalue weighted by molar-refractivity contribution is -0.131. The number of hydrogen-bond acceptors (Lipinski definition) is 4. The van der Waals surface area contributed by atoms with Gasteiger partial charge in [-0.1, -0.05) is 35.5 Å². The molecule has 2 saturated heterocycles. The molecular formula is C14H15ClN2O3S. The molecule has 1 aromatic rings. The minimum Gasteiger partial charge on any atom is -0.487 e. The number of carbonyl (C=O) groups excluding carboxylic acids is 2. The topological polar surface area (TPSA) is 58.6 Å². The number of thioether (sulfide) groups is 1. The molecule has 0 saturated carbocycles. The Morgan fingerprint density at radius 2 is 2.24 bits per heavy atom. The van der Waals surface area contributed by atoms with Crippen LogP contribution in [0.5, 0.6) is 5.75 Å². The Hall–Kier alpha value is -1.40. The maximum absolute atomic E-state index is 12.3. The molecule has 1 aromatic carbocycles. The Labute approximate surface area is 132 Å². The Morgan fingerprint density at radius 1 is 1.43 bits per heavy atom. The molecule has 0 aromatic heterocycles. The summed E-state index contributed by atoms with van der Waals surface area (Å²) in [5.41, 5.74) is 0. The van der Waals surface area contributed by atoms with Gasteiger partial charge in [0, 0.05) is 18.7 Å². The number of likely N-dealkylation sites (tertiary alicyclic amines) is 1. The average molecular weight is 327 g/mol. The Morgan fingerprint density at radius 3 is 2.95 bits per heavy atom. The first-order chi connectivity index (χ1) is 10.1. The van der Waals surface area contributed by atoms with Gasteiger partial charge in [-0.05, 0) is 12.1 Å². The summed E-state index contributed by atoms with van der Waals surface area (Å²) in [4.78, 5) is 25.2. The van der Waals surface area contributed by atoms with Gasteiger partial charge in [0.05, 0.1) is 11.6 Å². The van der Waals surface area contributed by atoms with Crippen LogP contribution in [-0.4, -0.2) is 47.0 Å². The van der Waals surface area contributed by atoms with Crippen LogP contribution in [0.2, 0.25) is 5.02 Å². The van der Waals surface area contributed by atoms with Crippen molar-refractivity contribution >= 4 is 34.5 Å². The van der Waals surface area contributed by atoms with Gasteiger partial charge in [0.15, 0.2) is 0 Å². The Balaban J connectivity index is 1.57. The fraction of sp³-hybridized carbons (Fsp3) is 0.429. The lowest BCUT2D eigenvalue weighted by Gasteiger charge is -2.20. The highest BCUT2D eigenvalue weighted by atomic mass is 35.5. The van der Waals surface area contributed by atoms with E-state index in [-0.39, 0.29) is 17.3 Å². The molecule has 2 fully saturated rings. The molecule has 5 nitrogen and oxygen atoms in total. The van der Waals surface area contributed by atoms with Crippen LogP contribution in [0.25, 0.3) is 0 Å². The molecule has 2 atom stereocenters. The third-order valence-corrected chi connectivity index (χ3v) is 4.75. The maximum Gasteiger partial charge on any atom is 0.279 e. The van der Waals surface area contributed by atoms with E-state index in [0.717, 1.165) is 18.2 Å². The molecule has 2 aliphatic heterocycles. The second kappa shape index (κ2) is 6.15. The van der Waals surface area contributed by atoms with Crippen molar-refractivity contribution in [3.63, 3.8) is 0 Å². The van der Waals surface area contributed by atoms with Crippen LogP contribution in [0.4, 0.5) is 4.79 Å². The predicted octanol–water partition coefficient (Wildman–Crippen LogP) is 2.14. The summed E-state index contributed by atoms with van der Waals surface area (Å²) in [5, 5.41) is 3.12. The van der Waals surface area contributed by atoms with Gasteiger partial charge in [-0.25, -0.2) is 0 Å². The molecule has 0 bridgehead atoms. The first-order valence-corrected chi connectivity index (χ1v) is 8.13. The first-order valence-electron chi connectivity index (χ1n) is 6.77. The zero-order chi connectivity index (χ0) is 14.8. The third-order valence-electron chi connectivity index (χ3n) is 3.56. The number of amides is 2. The van der Waals surface area contributed by atoms with Crippen molar-refractivity contribution in [1.29, 1.82) is 0 Å². The number of ether oxygens (including phenoxy) is 1. The molecule has 0 unspecified atom stereocenters. The molecule has 21 heavy (non-hydrogen) atoms. The highest BCUT2D eigenvalue weighted by Gasteiger charge is 2.35. The van der Waals surface area contributed by atoms with Crippen LogP contribution in [0.15, 0.2) is 24.3 Å². The van der Waals surface area contributed by atoms with Crippen LogP contribution in [-0.2, 0) is 4.79 Å². The summed E-state index contributed by atoms with van der Waals surface area (Å²) in [6.45, 7) is 1.17. The standard InChI is InChI=1S/C14H15ClN2O3S/c15-10-3-1-2-4-12(10)20-9-5-6-17(7-9)13(18)11-8-21-14(19)16-11/h1-4,9,11H,5-8H2,(H,16,19)/t9-,11-/m1/s1. The number of rotatable bonds is 3. The third kappa shape index (κ3) is 3.27. The van der Waals surface area contributed by atoms with Crippen LogP contribution in [0, 0.1) is 0 Å². The fourth-order valence-electron chi connectivity index (χ4n) is 2.48. The van der Waals surface area contributed by atoms with Crippen LogP contribution in [0.3, 0.4) is 0 Å². The van der Waals surface area contributed by atoms with Crippen LogP contribution in [0.1, 0.15) is 6.42 Å². The van der Waals surface area contributed by atoms with Crippen LogP contribution >= 0.6 is 23.4 Å². The first kappa shape index (κ1) is 14.5. The molecule has 2 amide bonds. The van der Waals surface area contributed by atoms with E-state index in [1.54, 1.807) is 11.0 Å². The number of benzene rings is 1. The summed E-state index contributed by atoms with van der Waals surface area (Å²) in [7, 11) is 0. The smallest absolute Gasteiger partial charge is 0.279 e. The number of carbonyl (C=O) groups is 2. The maximum atomic E-state index is 12.3. The van der Waals surface area contributed by atoms with Crippen molar-refractivity contribution < 1.29 is 14.3 Å². The van der Waals surface area contributed by atoms with Gasteiger partial charge in [0.1, 0.15) is 17.9 Å². The van der Waals surface area contributed by atoms with Crippen LogP contribution < -0.4 is 10.1 Å². The van der Waals surface area contributed by atoms with E-state index in [4.69, 9.17) is 16.3 Å². The van der Waals surface area contributed by atoms with Crippen molar-refractivity contribution in [1.82, 2.24) is 10.2 Å². The highest BCUT2D eigenvalue weighted by molar-refractivity contribution is 8.14. The Kier molecular flexibility index (Phi) is 4.26. The second-order valence-corrected chi connectivity index (χ2v) is 6.44. The number of nitrogens with one attached hydrogen (secondary N) is 1. The van der Waals surface area contributed by atoms with E-state index in [1.807, 2.05) is 18.2 Å². The lowest BCUT2D eigenvalue weighted by Crippen LogP contribution is -2.45. The van der Waals surface area contributed by atoms with Gasteiger partial charge >= 0.3 is 0 Å². The molecule has 1 N–H and O–H groups in total. The van der Waals surface area contributed by atoms with Gasteiger partial charge < -0.3 is 15.0 Å². The van der Waals surface area contributed by atoms with Crippen molar-refractivity contribution in [3.05, 3.63) is 29.3 Å². The molecule has 0 aliphatic carbocycles. The van der Waals surface area contributed by atoms with Crippen molar-refractivity contribution in [2.45, 2.75) is 18.6 Å². The minimum atomic E-state index is -0.401. The normalized spacial score (nSPS) is 25.0. The number of para-hydroxylation sites is 1. The van der Waals surface area contributed by atoms with Gasteiger partial charge in [0.2, 0.25) is 5.91 Å². The monoisotopic (exact) mass is 326 g/mol. The summed E-state index contributed by atoms with van der Waals surface area (Å²) in [6.07, 6.45) is 0.712. The number of hydrogen-bond donors (Lipinski definition) is 1.